The van der Waals surface area contributed by atoms with Crippen LogP contribution in [0, 0.1) is 0 Å². The highest BCUT2D eigenvalue weighted by atomic mass is 32.2. The average Bonchev–Trinajstić information content (AvgIpc) is 2.49. The van der Waals surface area contributed by atoms with Crippen molar-refractivity contribution >= 4 is 10.1 Å². The Morgan fingerprint density at radius 1 is 1.23 bits per heavy atom. The third-order valence-corrected chi connectivity index (χ3v) is 5.17. The number of hydrogen-bond acceptors (Lipinski definition) is 3. The summed E-state index contributed by atoms with van der Waals surface area (Å²) in [6.07, 6.45) is 9.21. The summed E-state index contributed by atoms with van der Waals surface area (Å²) in [6, 6.07) is 10.4. The Balaban J connectivity index is 1.83. The first-order valence-corrected chi connectivity index (χ1v) is 9.14. The summed E-state index contributed by atoms with van der Waals surface area (Å²) in [7, 11) is -4.04. The molecule has 1 aliphatic rings. The molecule has 4 nitrogen and oxygen atoms in total. The second-order valence-corrected chi connectivity index (χ2v) is 7.08. The van der Waals surface area contributed by atoms with E-state index in [1.54, 1.807) is 18.0 Å². The van der Waals surface area contributed by atoms with Crippen LogP contribution >= 0.6 is 0 Å². The molecule has 0 saturated heterocycles. The predicted molar refractivity (Wildman–Crippen MR) is 88.9 cm³/mol. The van der Waals surface area contributed by atoms with Crippen LogP contribution in [-0.2, 0) is 16.5 Å². The first-order chi connectivity index (χ1) is 10.5. The van der Waals surface area contributed by atoms with E-state index in [0.29, 0.717) is 13.0 Å². The Labute approximate surface area is 132 Å². The van der Waals surface area contributed by atoms with Crippen molar-refractivity contribution in [1.82, 2.24) is 4.90 Å². The van der Waals surface area contributed by atoms with Gasteiger partial charge in [0.1, 0.15) is 0 Å². The summed E-state index contributed by atoms with van der Waals surface area (Å²) >= 11 is 0. The number of hydrogen-bond donors (Lipinski definition) is 1. The van der Waals surface area contributed by atoms with Gasteiger partial charge in [-0.2, -0.15) is 8.42 Å². The minimum absolute atomic E-state index is 0.361. The highest BCUT2D eigenvalue weighted by molar-refractivity contribution is 7.86. The van der Waals surface area contributed by atoms with Crippen molar-refractivity contribution in [2.24, 2.45) is 0 Å². The highest BCUT2D eigenvalue weighted by Crippen LogP contribution is 2.19. The molecule has 1 aromatic rings. The van der Waals surface area contributed by atoms with Crippen LogP contribution in [0.4, 0.5) is 0 Å². The molecule has 2 rings (SSSR count). The van der Waals surface area contributed by atoms with Crippen molar-refractivity contribution in [1.29, 1.82) is 0 Å². The maximum atomic E-state index is 11.3. The van der Waals surface area contributed by atoms with Gasteiger partial charge < -0.3 is 4.90 Å². The van der Waals surface area contributed by atoms with Crippen LogP contribution in [0.25, 0.3) is 0 Å². The molecular formula is C17H23NO3S. The predicted octanol–water partition coefficient (Wildman–Crippen LogP) is 3.39. The van der Waals surface area contributed by atoms with Crippen molar-refractivity contribution in [3.05, 3.63) is 59.8 Å². The normalized spacial score (nSPS) is 16.5. The van der Waals surface area contributed by atoms with Crippen molar-refractivity contribution in [2.75, 3.05) is 6.54 Å². The van der Waals surface area contributed by atoms with Crippen LogP contribution in [-0.4, -0.2) is 29.8 Å². The number of aryl methyl sites for hydroxylation is 1. The maximum absolute atomic E-state index is 11.3. The molecule has 0 spiro atoms. The number of rotatable bonds is 7. The zero-order valence-electron chi connectivity index (χ0n) is 12.9. The Bertz CT molecular complexity index is 635. The van der Waals surface area contributed by atoms with Crippen LogP contribution in [0.1, 0.15) is 31.7 Å². The van der Waals surface area contributed by atoms with Gasteiger partial charge in [-0.15, -0.1) is 0 Å². The second-order valence-electron chi connectivity index (χ2n) is 5.51. The minimum Gasteiger partial charge on any atom is -0.355 e. The third kappa shape index (κ3) is 4.71. The molecule has 1 aromatic carbocycles. The minimum atomic E-state index is -4.04. The fourth-order valence-corrected chi connectivity index (χ4v) is 3.62. The molecule has 22 heavy (non-hydrogen) atoms. The molecule has 1 unspecified atom stereocenters. The van der Waals surface area contributed by atoms with Crippen LogP contribution in [0.2, 0.25) is 0 Å². The van der Waals surface area contributed by atoms with Crippen LogP contribution in [0.3, 0.4) is 0 Å². The molecule has 0 fully saturated rings. The van der Waals surface area contributed by atoms with Gasteiger partial charge in [-0.05, 0) is 42.9 Å². The fraction of sp³-hybridized carbons (Fsp3) is 0.412. The van der Waals surface area contributed by atoms with E-state index in [-0.39, 0.29) is 0 Å². The first kappa shape index (κ1) is 16.8. The van der Waals surface area contributed by atoms with Gasteiger partial charge in [0.15, 0.2) is 5.37 Å². The zero-order valence-corrected chi connectivity index (χ0v) is 13.7. The second kappa shape index (κ2) is 7.61. The smallest absolute Gasteiger partial charge is 0.286 e. The largest absolute Gasteiger partial charge is 0.355 e. The highest BCUT2D eigenvalue weighted by Gasteiger charge is 2.26. The van der Waals surface area contributed by atoms with Crippen LogP contribution in [0.15, 0.2) is 54.3 Å². The lowest BCUT2D eigenvalue weighted by atomic mass is 10.0. The lowest BCUT2D eigenvalue weighted by Gasteiger charge is -2.28. The summed E-state index contributed by atoms with van der Waals surface area (Å²) in [5.41, 5.74) is 2.55. The van der Waals surface area contributed by atoms with Crippen molar-refractivity contribution in [2.45, 2.75) is 38.0 Å². The van der Waals surface area contributed by atoms with Gasteiger partial charge >= 0.3 is 0 Å². The number of allylic oxidation sites excluding steroid dienone is 2. The fourth-order valence-electron chi connectivity index (χ4n) is 2.70. The first-order valence-electron chi connectivity index (χ1n) is 7.64. The summed E-state index contributed by atoms with van der Waals surface area (Å²) < 4.78 is 31.9. The molecule has 120 valence electrons. The van der Waals surface area contributed by atoms with Gasteiger partial charge in [0, 0.05) is 12.7 Å². The molecule has 0 amide bonds. The molecule has 5 heteroatoms. The lowest BCUT2D eigenvalue weighted by Crippen LogP contribution is -2.38. The molecule has 1 N–H and O–H groups in total. The van der Waals surface area contributed by atoms with E-state index in [9.17, 15) is 13.0 Å². The molecule has 0 bridgehead atoms. The molecule has 0 saturated carbocycles. The summed E-state index contributed by atoms with van der Waals surface area (Å²) in [4.78, 5) is 1.66. The molecule has 0 radical (unpaired) electrons. The third-order valence-electron chi connectivity index (χ3n) is 3.88. The van der Waals surface area contributed by atoms with E-state index in [0.717, 1.165) is 19.3 Å². The van der Waals surface area contributed by atoms with Gasteiger partial charge in [0.25, 0.3) is 10.1 Å². The quantitative estimate of drug-likeness (QED) is 0.782. The molecule has 0 aliphatic carbocycles. The molecule has 0 aromatic heterocycles. The van der Waals surface area contributed by atoms with Gasteiger partial charge in [-0.3, -0.25) is 4.55 Å². The van der Waals surface area contributed by atoms with E-state index in [1.165, 1.54) is 11.1 Å². The van der Waals surface area contributed by atoms with E-state index < -0.39 is 15.5 Å². The van der Waals surface area contributed by atoms with Gasteiger partial charge in [0.05, 0.1) is 0 Å². The molecular weight excluding hydrogens is 298 g/mol. The average molecular weight is 321 g/mol. The van der Waals surface area contributed by atoms with Crippen molar-refractivity contribution in [3.8, 4) is 0 Å². The maximum Gasteiger partial charge on any atom is 0.286 e. The standard InChI is InChI=1S/C17H23NO3S/c1-2-17(22(19,20)21)18-13-11-16(12-14-18)10-6-9-15-7-4-3-5-8-15/h3-5,7-8,11-13,17H,2,6,9-10,14H2,1H3,(H,19,20,21). The topological polar surface area (TPSA) is 57.6 Å². The van der Waals surface area contributed by atoms with Gasteiger partial charge in [-0.25, -0.2) is 0 Å². The monoisotopic (exact) mass is 321 g/mol. The molecule has 1 heterocycles. The lowest BCUT2D eigenvalue weighted by molar-refractivity contribution is 0.332. The molecule has 1 atom stereocenters. The van der Waals surface area contributed by atoms with Crippen molar-refractivity contribution in [3.63, 3.8) is 0 Å². The van der Waals surface area contributed by atoms with E-state index in [2.05, 4.69) is 12.1 Å². The Morgan fingerprint density at radius 2 is 1.95 bits per heavy atom. The summed E-state index contributed by atoms with van der Waals surface area (Å²) in [6.45, 7) is 2.28. The van der Waals surface area contributed by atoms with E-state index in [4.69, 9.17) is 0 Å². The zero-order chi connectivity index (χ0) is 16.0. The van der Waals surface area contributed by atoms with E-state index >= 15 is 0 Å². The summed E-state index contributed by atoms with van der Waals surface area (Å²) in [5.74, 6) is 0. The Kier molecular flexibility index (Phi) is 5.80. The molecule has 1 aliphatic heterocycles. The SMILES string of the molecule is CCC(N1C=CC(CCCc2ccccc2)=CC1)S(=O)(=O)O. The van der Waals surface area contributed by atoms with Crippen LogP contribution < -0.4 is 0 Å². The van der Waals surface area contributed by atoms with E-state index in [1.807, 2.05) is 30.4 Å². The number of nitrogens with zero attached hydrogens (tertiary/aromatic N) is 1. The van der Waals surface area contributed by atoms with Gasteiger partial charge in [-0.1, -0.05) is 43.3 Å². The van der Waals surface area contributed by atoms with Crippen molar-refractivity contribution < 1.29 is 13.0 Å². The van der Waals surface area contributed by atoms with Gasteiger partial charge in [0.2, 0.25) is 0 Å². The Hall–Kier alpha value is -1.59. The number of benzene rings is 1. The Morgan fingerprint density at radius 3 is 2.50 bits per heavy atom. The summed E-state index contributed by atoms with van der Waals surface area (Å²) in [5, 5.41) is -0.856. The van der Waals surface area contributed by atoms with Crippen LogP contribution in [0.5, 0.6) is 0 Å².